The monoisotopic (exact) mass is 703 g/mol. The quantitative estimate of drug-likeness (QED) is 0.328. The SMILES string of the molecule is CC(=O)N1[C@@H]2CC[C@H]1[C@H]1COc3c(Cl)c(-c4nc(N)cc(C)c4C(F)(F)F)c(F)c4nc(OC[C@@]56CCCN5CC(C)(C)C6)nc(c34)N1C2. The van der Waals surface area contributed by atoms with Crippen LogP contribution in [0.15, 0.2) is 6.07 Å². The van der Waals surface area contributed by atoms with Gasteiger partial charge in [0, 0.05) is 26.1 Å². The van der Waals surface area contributed by atoms with Gasteiger partial charge in [-0.1, -0.05) is 25.4 Å². The lowest BCUT2D eigenvalue weighted by atomic mass is 9.83. The molecule has 1 aromatic carbocycles. The van der Waals surface area contributed by atoms with E-state index in [1.165, 1.54) is 13.8 Å². The average Bonchev–Trinajstić information content (AvgIpc) is 3.57. The summed E-state index contributed by atoms with van der Waals surface area (Å²) in [5.41, 5.74) is 2.72. The number of anilines is 2. The molecule has 1 amide bonds. The second-order valence-electron chi connectivity index (χ2n) is 15.1. The molecule has 4 atom stereocenters. The molecule has 0 unspecified atom stereocenters. The predicted molar refractivity (Wildman–Crippen MR) is 175 cm³/mol. The van der Waals surface area contributed by atoms with Crippen LogP contribution < -0.4 is 20.1 Å². The minimum Gasteiger partial charge on any atom is -0.489 e. The van der Waals surface area contributed by atoms with E-state index < -0.39 is 33.8 Å². The summed E-state index contributed by atoms with van der Waals surface area (Å²) in [4.78, 5) is 32.4. The van der Waals surface area contributed by atoms with Gasteiger partial charge in [-0.2, -0.15) is 23.1 Å². The molecule has 3 aromatic rings. The lowest BCUT2D eigenvalue weighted by Gasteiger charge is -2.46. The number of hydrogen-bond acceptors (Lipinski definition) is 9. The Morgan fingerprint density at radius 2 is 1.98 bits per heavy atom. The number of ether oxygens (including phenoxy) is 2. The van der Waals surface area contributed by atoms with Crippen LogP contribution in [-0.4, -0.2) is 87.2 Å². The molecule has 0 spiro atoms. The summed E-state index contributed by atoms with van der Waals surface area (Å²) in [6.07, 6.45) is -0.522. The summed E-state index contributed by atoms with van der Waals surface area (Å²) in [5, 5.41) is -0.262. The van der Waals surface area contributed by atoms with Crippen LogP contribution in [0.4, 0.5) is 29.2 Å². The predicted octanol–water partition coefficient (Wildman–Crippen LogP) is 6.00. The Balaban J connectivity index is 1.33. The van der Waals surface area contributed by atoms with Crippen LogP contribution in [0.5, 0.6) is 11.8 Å². The first-order chi connectivity index (χ1) is 23.1. The van der Waals surface area contributed by atoms with E-state index in [1.807, 2.05) is 9.80 Å². The Labute approximate surface area is 285 Å². The number of nitrogens with zero attached hydrogens (tertiary/aromatic N) is 6. The first-order valence-corrected chi connectivity index (χ1v) is 17.1. The number of aryl methyl sites for hydroxylation is 1. The first-order valence-electron chi connectivity index (χ1n) is 16.7. The number of amides is 1. The molecule has 4 fully saturated rings. The van der Waals surface area contributed by atoms with Gasteiger partial charge in [-0.15, -0.1) is 0 Å². The van der Waals surface area contributed by atoms with Crippen molar-refractivity contribution in [2.45, 2.75) is 89.6 Å². The van der Waals surface area contributed by atoms with E-state index in [0.29, 0.717) is 12.4 Å². The van der Waals surface area contributed by atoms with E-state index >= 15 is 4.39 Å². The van der Waals surface area contributed by atoms with Crippen molar-refractivity contribution in [3.05, 3.63) is 28.0 Å². The standard InChI is InChI=1S/C34H38ClF4N7O3/c1-16-10-21(40)41-27(24(16)34(37,38)39)22-25(35)29-23-28(26(22)36)42-31(49-15-33-8-5-9-44(33)14-32(3,4)13-33)43-30(23)45-11-18-6-7-19(20(45)12-48-29)46(18)17(2)47/h10,18-20H,5-9,11-15H2,1-4H3,(H2,40,41)/t18-,19+,20-,33+/m1/s1. The van der Waals surface area contributed by atoms with E-state index in [1.54, 1.807) is 0 Å². The summed E-state index contributed by atoms with van der Waals surface area (Å²) >= 11 is 6.87. The molecule has 7 heterocycles. The van der Waals surface area contributed by atoms with Crippen molar-refractivity contribution in [3.8, 4) is 23.0 Å². The van der Waals surface area contributed by atoms with E-state index in [2.05, 4.69) is 28.7 Å². The van der Waals surface area contributed by atoms with Crippen molar-refractivity contribution in [2.24, 2.45) is 5.41 Å². The normalized spacial score (nSPS) is 27.2. The molecular weight excluding hydrogens is 666 g/mol. The summed E-state index contributed by atoms with van der Waals surface area (Å²) < 4.78 is 73.4. The lowest BCUT2D eigenvalue weighted by Crippen LogP contribution is -2.62. The number of piperazine rings is 1. The number of nitrogen functional groups attached to an aromatic ring is 1. The number of pyridine rings is 1. The van der Waals surface area contributed by atoms with Gasteiger partial charge in [-0.05, 0) is 62.6 Å². The largest absolute Gasteiger partial charge is 0.489 e. The van der Waals surface area contributed by atoms with E-state index in [4.69, 9.17) is 31.8 Å². The molecule has 5 aliphatic rings. The van der Waals surface area contributed by atoms with Gasteiger partial charge in [0.1, 0.15) is 30.4 Å². The van der Waals surface area contributed by atoms with Crippen LogP contribution in [0.2, 0.25) is 5.02 Å². The number of halogens is 5. The number of benzene rings is 1. The number of alkyl halides is 3. The first kappa shape index (κ1) is 32.5. The fraction of sp³-hybridized carbons (Fsp3) is 0.588. The number of aromatic nitrogens is 3. The second-order valence-corrected chi connectivity index (χ2v) is 15.5. The van der Waals surface area contributed by atoms with E-state index in [9.17, 15) is 18.0 Å². The molecule has 0 saturated carbocycles. The van der Waals surface area contributed by atoms with Crippen molar-refractivity contribution in [1.29, 1.82) is 0 Å². The van der Waals surface area contributed by atoms with Crippen molar-refractivity contribution in [2.75, 3.05) is 43.5 Å². The molecule has 49 heavy (non-hydrogen) atoms. The highest BCUT2D eigenvalue weighted by Crippen LogP contribution is 2.52. The Bertz CT molecular complexity index is 1910. The van der Waals surface area contributed by atoms with E-state index in [-0.39, 0.29) is 82.2 Å². The smallest absolute Gasteiger partial charge is 0.418 e. The summed E-state index contributed by atoms with van der Waals surface area (Å²) in [7, 11) is 0. The number of hydrogen-bond donors (Lipinski definition) is 1. The number of fused-ring (bicyclic) bond motifs is 6. The topological polar surface area (TPSA) is 110 Å². The summed E-state index contributed by atoms with van der Waals surface area (Å²) in [6.45, 7) is 9.80. The molecule has 5 aliphatic heterocycles. The zero-order valence-corrected chi connectivity index (χ0v) is 28.5. The van der Waals surface area contributed by atoms with Crippen molar-refractivity contribution in [3.63, 3.8) is 0 Å². The van der Waals surface area contributed by atoms with Crippen LogP contribution in [0.25, 0.3) is 22.2 Å². The Morgan fingerprint density at radius 1 is 1.20 bits per heavy atom. The Kier molecular flexibility index (Phi) is 7.26. The van der Waals surface area contributed by atoms with Gasteiger partial charge in [0.25, 0.3) is 0 Å². The van der Waals surface area contributed by atoms with Crippen LogP contribution in [-0.2, 0) is 11.0 Å². The van der Waals surface area contributed by atoms with E-state index in [0.717, 1.165) is 51.3 Å². The molecule has 262 valence electrons. The van der Waals surface area contributed by atoms with Gasteiger partial charge < -0.3 is 25.0 Å². The number of carbonyl (C=O) groups excluding carboxylic acids is 1. The molecular formula is C34H38ClF4N7O3. The number of nitrogens with two attached hydrogens (primary N) is 1. The third-order valence-corrected chi connectivity index (χ3v) is 11.5. The summed E-state index contributed by atoms with van der Waals surface area (Å²) in [5.74, 6) is -1.14. The minimum absolute atomic E-state index is 0.0241. The van der Waals surface area contributed by atoms with Gasteiger partial charge in [-0.3, -0.25) is 9.69 Å². The van der Waals surface area contributed by atoms with Gasteiger partial charge in [0.15, 0.2) is 11.6 Å². The average molecular weight is 704 g/mol. The fourth-order valence-corrected chi connectivity index (χ4v) is 9.87. The van der Waals surface area contributed by atoms with Crippen molar-refractivity contribution >= 4 is 40.0 Å². The Hall–Kier alpha value is -3.65. The summed E-state index contributed by atoms with van der Waals surface area (Å²) in [6, 6.07) is 0.281. The third-order valence-electron chi connectivity index (χ3n) is 11.2. The molecule has 4 saturated heterocycles. The second kappa shape index (κ2) is 10.9. The number of rotatable bonds is 4. The molecule has 8 rings (SSSR count). The molecule has 2 N–H and O–H groups in total. The zero-order valence-electron chi connectivity index (χ0n) is 27.8. The molecule has 0 aliphatic carbocycles. The Morgan fingerprint density at radius 3 is 2.71 bits per heavy atom. The maximum Gasteiger partial charge on any atom is 0.418 e. The highest BCUT2D eigenvalue weighted by Gasteiger charge is 2.53. The maximum atomic E-state index is 17.1. The van der Waals surface area contributed by atoms with Gasteiger partial charge in [-0.25, -0.2) is 9.37 Å². The molecule has 2 aromatic heterocycles. The molecule has 10 nitrogen and oxygen atoms in total. The lowest BCUT2D eigenvalue weighted by molar-refractivity contribution is -0.137. The van der Waals surface area contributed by atoms with Crippen LogP contribution >= 0.6 is 11.6 Å². The molecule has 2 bridgehead atoms. The molecule has 0 radical (unpaired) electrons. The highest BCUT2D eigenvalue weighted by atomic mass is 35.5. The highest BCUT2D eigenvalue weighted by molar-refractivity contribution is 6.36. The van der Waals surface area contributed by atoms with Gasteiger partial charge >= 0.3 is 12.2 Å². The van der Waals surface area contributed by atoms with Crippen molar-refractivity contribution < 1.29 is 31.8 Å². The third kappa shape index (κ3) is 4.98. The van der Waals surface area contributed by atoms with Crippen molar-refractivity contribution in [1.82, 2.24) is 24.8 Å². The number of carbonyl (C=O) groups is 1. The van der Waals surface area contributed by atoms with Gasteiger partial charge in [0.05, 0.1) is 44.9 Å². The van der Waals surface area contributed by atoms with Gasteiger partial charge in [0.2, 0.25) is 5.91 Å². The van der Waals surface area contributed by atoms with Crippen LogP contribution in [0.3, 0.4) is 0 Å². The van der Waals surface area contributed by atoms with Crippen LogP contribution in [0.1, 0.15) is 64.0 Å². The zero-order chi connectivity index (χ0) is 34.8. The molecule has 15 heteroatoms. The maximum absolute atomic E-state index is 17.1. The van der Waals surface area contributed by atoms with Crippen LogP contribution in [0, 0.1) is 18.2 Å². The minimum atomic E-state index is -4.90. The fourth-order valence-electron chi connectivity index (χ4n) is 9.55.